The predicted octanol–water partition coefficient (Wildman–Crippen LogP) is 1.09. The highest BCUT2D eigenvalue weighted by atomic mass is 16.5. The maximum absolute atomic E-state index is 11.4. The zero-order chi connectivity index (χ0) is 12.3. The number of carbonyl (C=O) groups excluding carboxylic acids is 2. The van der Waals surface area contributed by atoms with Gasteiger partial charge in [0.2, 0.25) is 0 Å². The number of nitrogens with zero attached hydrogens (tertiary/aromatic N) is 1. The lowest BCUT2D eigenvalue weighted by atomic mass is 10.0. The fourth-order valence-corrected chi connectivity index (χ4v) is 2.42. The Bertz CT molecular complexity index is 267. The van der Waals surface area contributed by atoms with E-state index in [9.17, 15) is 9.59 Å². The van der Waals surface area contributed by atoms with Crippen molar-refractivity contribution in [2.45, 2.75) is 38.8 Å². The minimum atomic E-state index is -0.243. The number of ether oxygens (including phenoxy) is 1. The smallest absolute Gasteiger partial charge is 0.322 e. The van der Waals surface area contributed by atoms with Crippen LogP contribution in [-0.4, -0.2) is 43.4 Å². The highest BCUT2D eigenvalue weighted by molar-refractivity contribution is 5.75. The van der Waals surface area contributed by atoms with Crippen molar-refractivity contribution in [2.75, 3.05) is 14.2 Å². The second-order valence-electron chi connectivity index (χ2n) is 4.77. The van der Waals surface area contributed by atoms with Crippen molar-refractivity contribution in [3.63, 3.8) is 0 Å². The number of likely N-dealkylation sites (N-methyl/N-ethyl adjacent to an activating group) is 1. The summed E-state index contributed by atoms with van der Waals surface area (Å²) in [5, 5.41) is 0. The molecule has 0 saturated heterocycles. The Morgan fingerprint density at radius 3 is 2.56 bits per heavy atom. The Hall–Kier alpha value is -0.900. The summed E-state index contributed by atoms with van der Waals surface area (Å²) in [6, 6.07) is 0.0619. The normalized spacial score (nSPS) is 31.4. The SMILES string of the molecule is COC(=O)C(C)N(C)[C@H]1C[C@H](C)[C@@H](C=O)C1. The zero-order valence-electron chi connectivity index (χ0n) is 10.5. The molecule has 0 aromatic heterocycles. The molecule has 1 aliphatic carbocycles. The van der Waals surface area contributed by atoms with E-state index in [0.717, 1.165) is 19.1 Å². The van der Waals surface area contributed by atoms with Gasteiger partial charge < -0.3 is 9.53 Å². The van der Waals surface area contributed by atoms with Crippen LogP contribution in [0, 0.1) is 11.8 Å². The first kappa shape index (κ1) is 13.2. The van der Waals surface area contributed by atoms with Crippen LogP contribution in [0.1, 0.15) is 26.7 Å². The molecule has 16 heavy (non-hydrogen) atoms. The monoisotopic (exact) mass is 227 g/mol. The van der Waals surface area contributed by atoms with Gasteiger partial charge in [-0.1, -0.05) is 6.92 Å². The minimum Gasteiger partial charge on any atom is -0.468 e. The third-order valence-corrected chi connectivity index (χ3v) is 3.82. The molecule has 1 rings (SSSR count). The highest BCUT2D eigenvalue weighted by Crippen LogP contribution is 2.33. The maximum atomic E-state index is 11.4. The van der Waals surface area contributed by atoms with Crippen LogP contribution in [0.15, 0.2) is 0 Å². The van der Waals surface area contributed by atoms with Gasteiger partial charge in [-0.05, 0) is 32.7 Å². The van der Waals surface area contributed by atoms with Gasteiger partial charge in [-0.3, -0.25) is 9.69 Å². The summed E-state index contributed by atoms with van der Waals surface area (Å²) in [7, 11) is 3.32. The molecule has 0 heterocycles. The quantitative estimate of drug-likeness (QED) is 0.533. The number of hydrogen-bond donors (Lipinski definition) is 0. The zero-order valence-corrected chi connectivity index (χ0v) is 10.5. The van der Waals surface area contributed by atoms with Gasteiger partial charge in [0, 0.05) is 12.0 Å². The van der Waals surface area contributed by atoms with Gasteiger partial charge in [0.1, 0.15) is 12.3 Å². The maximum Gasteiger partial charge on any atom is 0.322 e. The van der Waals surface area contributed by atoms with Crippen molar-refractivity contribution in [2.24, 2.45) is 11.8 Å². The van der Waals surface area contributed by atoms with Crippen LogP contribution >= 0.6 is 0 Å². The average Bonchev–Trinajstić information content (AvgIpc) is 2.67. The van der Waals surface area contributed by atoms with Crippen molar-refractivity contribution >= 4 is 12.3 Å². The van der Waals surface area contributed by atoms with E-state index >= 15 is 0 Å². The molecule has 0 radical (unpaired) electrons. The first-order valence-corrected chi connectivity index (χ1v) is 5.76. The topological polar surface area (TPSA) is 46.6 Å². The van der Waals surface area contributed by atoms with Gasteiger partial charge in [-0.2, -0.15) is 0 Å². The van der Waals surface area contributed by atoms with E-state index in [-0.39, 0.29) is 17.9 Å². The molecule has 1 saturated carbocycles. The Balaban J connectivity index is 2.59. The van der Waals surface area contributed by atoms with Crippen LogP contribution in [0.5, 0.6) is 0 Å². The average molecular weight is 227 g/mol. The van der Waals surface area contributed by atoms with Crippen molar-refractivity contribution in [1.82, 2.24) is 4.90 Å². The molecule has 0 aromatic carbocycles. The van der Waals surface area contributed by atoms with E-state index in [2.05, 4.69) is 6.92 Å². The number of methoxy groups -OCH3 is 1. The number of esters is 1. The van der Waals surface area contributed by atoms with E-state index < -0.39 is 0 Å². The molecule has 1 unspecified atom stereocenters. The molecular formula is C12H21NO3. The Morgan fingerprint density at radius 1 is 1.50 bits per heavy atom. The Kier molecular flexibility index (Phi) is 4.47. The molecule has 4 nitrogen and oxygen atoms in total. The summed E-state index contributed by atoms with van der Waals surface area (Å²) in [5.74, 6) is 0.330. The summed E-state index contributed by atoms with van der Waals surface area (Å²) < 4.78 is 4.72. The van der Waals surface area contributed by atoms with Gasteiger partial charge in [-0.15, -0.1) is 0 Å². The van der Waals surface area contributed by atoms with Gasteiger partial charge in [0.25, 0.3) is 0 Å². The lowest BCUT2D eigenvalue weighted by Gasteiger charge is -2.28. The third kappa shape index (κ3) is 2.61. The third-order valence-electron chi connectivity index (χ3n) is 3.82. The lowest BCUT2D eigenvalue weighted by molar-refractivity contribution is -0.146. The Morgan fingerprint density at radius 2 is 2.12 bits per heavy atom. The molecule has 0 bridgehead atoms. The van der Waals surface area contributed by atoms with E-state index in [1.54, 1.807) is 0 Å². The summed E-state index contributed by atoms with van der Waals surface area (Å²) in [6.07, 6.45) is 2.87. The number of carbonyl (C=O) groups is 2. The number of rotatable bonds is 4. The molecule has 0 spiro atoms. The van der Waals surface area contributed by atoms with Crippen LogP contribution in [0.4, 0.5) is 0 Å². The lowest BCUT2D eigenvalue weighted by Crippen LogP contribution is -2.42. The number of hydrogen-bond acceptors (Lipinski definition) is 4. The van der Waals surface area contributed by atoms with Gasteiger partial charge in [0.15, 0.2) is 0 Å². The standard InChI is InChI=1S/C12H21NO3/c1-8-5-11(6-10(8)7-14)13(3)9(2)12(15)16-4/h7-11H,5-6H2,1-4H3/t8-,9?,10+,11-/m0/s1. The summed E-state index contributed by atoms with van der Waals surface area (Å²) in [4.78, 5) is 24.3. The second kappa shape index (κ2) is 5.43. The first-order chi connectivity index (χ1) is 7.51. The molecule has 4 atom stereocenters. The molecule has 0 aliphatic heterocycles. The van der Waals surface area contributed by atoms with E-state index in [1.165, 1.54) is 7.11 Å². The molecule has 0 N–H and O–H groups in total. The molecular weight excluding hydrogens is 206 g/mol. The van der Waals surface area contributed by atoms with Crippen LogP contribution in [0.2, 0.25) is 0 Å². The van der Waals surface area contributed by atoms with Crippen LogP contribution in [0.25, 0.3) is 0 Å². The summed E-state index contributed by atoms with van der Waals surface area (Å²) in [6.45, 7) is 3.93. The van der Waals surface area contributed by atoms with Crippen LogP contribution in [-0.2, 0) is 14.3 Å². The van der Waals surface area contributed by atoms with E-state index in [1.807, 2.05) is 18.9 Å². The van der Waals surface area contributed by atoms with Crippen LogP contribution < -0.4 is 0 Å². The first-order valence-electron chi connectivity index (χ1n) is 5.76. The van der Waals surface area contributed by atoms with E-state index in [4.69, 9.17) is 4.74 Å². The molecule has 0 aromatic rings. The molecule has 1 fully saturated rings. The largest absolute Gasteiger partial charge is 0.468 e. The second-order valence-corrected chi connectivity index (χ2v) is 4.77. The molecule has 1 aliphatic rings. The van der Waals surface area contributed by atoms with Gasteiger partial charge in [0.05, 0.1) is 7.11 Å². The number of aldehydes is 1. The van der Waals surface area contributed by atoms with E-state index in [0.29, 0.717) is 12.0 Å². The van der Waals surface area contributed by atoms with Crippen molar-refractivity contribution in [3.05, 3.63) is 0 Å². The van der Waals surface area contributed by atoms with Crippen molar-refractivity contribution in [1.29, 1.82) is 0 Å². The van der Waals surface area contributed by atoms with Gasteiger partial charge in [-0.25, -0.2) is 0 Å². The van der Waals surface area contributed by atoms with Crippen molar-refractivity contribution < 1.29 is 14.3 Å². The predicted molar refractivity (Wildman–Crippen MR) is 61.0 cm³/mol. The van der Waals surface area contributed by atoms with Crippen LogP contribution in [0.3, 0.4) is 0 Å². The Labute approximate surface area is 96.9 Å². The molecule has 4 heteroatoms. The fourth-order valence-electron chi connectivity index (χ4n) is 2.42. The summed E-state index contributed by atoms with van der Waals surface area (Å²) >= 11 is 0. The minimum absolute atomic E-state index is 0.136. The fraction of sp³-hybridized carbons (Fsp3) is 0.833. The van der Waals surface area contributed by atoms with Gasteiger partial charge >= 0.3 is 5.97 Å². The molecule has 0 amide bonds. The highest BCUT2D eigenvalue weighted by Gasteiger charge is 2.36. The van der Waals surface area contributed by atoms with Crippen molar-refractivity contribution in [3.8, 4) is 0 Å². The molecule has 92 valence electrons. The summed E-state index contributed by atoms with van der Waals surface area (Å²) in [5.41, 5.74) is 0.